The fraction of sp³-hybridized carbons (Fsp3) is 0.474. The van der Waals surface area contributed by atoms with Crippen LogP contribution < -0.4 is 4.90 Å². The summed E-state index contributed by atoms with van der Waals surface area (Å²) in [6.45, 7) is 4.54. The van der Waals surface area contributed by atoms with Gasteiger partial charge in [-0.1, -0.05) is 18.2 Å². The number of aromatic amines is 1. The Bertz CT molecular complexity index is 738. The van der Waals surface area contributed by atoms with E-state index in [1.54, 1.807) is 0 Å². The van der Waals surface area contributed by atoms with Crippen LogP contribution in [0.5, 0.6) is 0 Å². The zero-order valence-corrected chi connectivity index (χ0v) is 14.2. The maximum absolute atomic E-state index is 12.7. The number of H-pyrrole nitrogens is 1. The second-order valence-electron chi connectivity index (χ2n) is 6.90. The lowest BCUT2D eigenvalue weighted by Crippen LogP contribution is -2.41. The molecular formula is C19H24N4O. The van der Waals surface area contributed by atoms with Gasteiger partial charge in [0, 0.05) is 55.5 Å². The number of nitrogens with zero attached hydrogens (tertiary/aromatic N) is 3. The number of carbonyl (C=O) groups excluding carboxylic acids is 1. The average Bonchev–Trinajstić information content (AvgIpc) is 3.08. The lowest BCUT2D eigenvalue weighted by Gasteiger charge is -2.37. The van der Waals surface area contributed by atoms with E-state index in [0.717, 1.165) is 37.9 Å². The van der Waals surface area contributed by atoms with Crippen molar-refractivity contribution in [3.05, 3.63) is 47.3 Å². The molecule has 0 bridgehead atoms. The molecule has 3 heterocycles. The van der Waals surface area contributed by atoms with Gasteiger partial charge < -0.3 is 9.80 Å². The topological polar surface area (TPSA) is 52.2 Å². The third kappa shape index (κ3) is 2.79. The average molecular weight is 324 g/mol. The zero-order chi connectivity index (χ0) is 16.5. The van der Waals surface area contributed by atoms with Gasteiger partial charge in [-0.25, -0.2) is 0 Å². The fourth-order valence-electron chi connectivity index (χ4n) is 3.91. The van der Waals surface area contributed by atoms with Gasteiger partial charge in [0.2, 0.25) is 5.91 Å². The van der Waals surface area contributed by atoms with Gasteiger partial charge in [0.25, 0.3) is 0 Å². The smallest absolute Gasteiger partial charge is 0.224 e. The number of nitrogens with one attached hydrogen (secondary N) is 1. The number of aryl methyl sites for hydroxylation is 1. The molecule has 0 spiro atoms. The number of carbonyl (C=O) groups is 1. The van der Waals surface area contributed by atoms with Crippen LogP contribution in [0.3, 0.4) is 0 Å². The normalized spacial score (nSPS) is 19.8. The third-order valence-corrected chi connectivity index (χ3v) is 5.38. The molecule has 4 rings (SSSR count). The third-order valence-electron chi connectivity index (χ3n) is 5.38. The van der Waals surface area contributed by atoms with E-state index in [0.29, 0.717) is 19.0 Å². The highest BCUT2D eigenvalue weighted by atomic mass is 16.2. The molecule has 1 atom stereocenters. The molecular weight excluding hydrogens is 300 g/mol. The number of rotatable bonds is 3. The fourth-order valence-corrected chi connectivity index (χ4v) is 3.91. The predicted molar refractivity (Wildman–Crippen MR) is 93.9 cm³/mol. The molecule has 2 aromatic rings. The van der Waals surface area contributed by atoms with Crippen LogP contribution in [0.25, 0.3) is 0 Å². The summed E-state index contributed by atoms with van der Waals surface area (Å²) in [5.74, 6) is 0.247. The van der Waals surface area contributed by atoms with Crippen LogP contribution in [0.1, 0.15) is 36.6 Å². The van der Waals surface area contributed by atoms with Gasteiger partial charge in [-0.05, 0) is 31.4 Å². The molecule has 1 amide bonds. The maximum Gasteiger partial charge on any atom is 0.224 e. The van der Waals surface area contributed by atoms with E-state index in [4.69, 9.17) is 0 Å². The van der Waals surface area contributed by atoms with E-state index in [1.807, 2.05) is 11.1 Å². The van der Waals surface area contributed by atoms with E-state index in [2.05, 4.69) is 46.3 Å². The molecule has 24 heavy (non-hydrogen) atoms. The number of amides is 1. The molecule has 1 aromatic carbocycles. The van der Waals surface area contributed by atoms with E-state index >= 15 is 0 Å². The Labute approximate surface area is 142 Å². The van der Waals surface area contributed by atoms with Gasteiger partial charge in [0.05, 0.1) is 6.20 Å². The minimum Gasteiger partial charge on any atom is -0.368 e. The Balaban J connectivity index is 1.41. The molecule has 2 aliphatic rings. The molecule has 1 N–H and O–H groups in total. The Morgan fingerprint density at radius 1 is 1.29 bits per heavy atom. The minimum absolute atomic E-state index is 0.247. The first-order chi connectivity index (χ1) is 11.7. The lowest BCUT2D eigenvalue weighted by molar-refractivity contribution is -0.131. The standard InChI is InChI=1S/C19H24N4O/c1-14-6-7-15-4-2-3-5-18(15)23(14)11-9-19(24)22-10-8-17-16(13-22)12-20-21-17/h2-5,12,14H,6-11,13H2,1H3,(H,20,21)/t14-/m1/s1. The number of para-hydroxylation sites is 1. The molecule has 0 radical (unpaired) electrons. The quantitative estimate of drug-likeness (QED) is 0.944. The Kier molecular flexibility index (Phi) is 4.00. The Hall–Kier alpha value is -2.30. The van der Waals surface area contributed by atoms with E-state index in [-0.39, 0.29) is 5.91 Å². The number of hydrogen-bond donors (Lipinski definition) is 1. The number of hydrogen-bond acceptors (Lipinski definition) is 3. The largest absolute Gasteiger partial charge is 0.368 e. The van der Waals surface area contributed by atoms with Crippen molar-refractivity contribution in [1.82, 2.24) is 15.1 Å². The van der Waals surface area contributed by atoms with Crippen molar-refractivity contribution in [3.8, 4) is 0 Å². The van der Waals surface area contributed by atoms with Crippen LogP contribution in [0.15, 0.2) is 30.5 Å². The molecule has 0 unspecified atom stereocenters. The minimum atomic E-state index is 0.247. The van der Waals surface area contributed by atoms with Crippen LogP contribution in [0, 0.1) is 0 Å². The summed E-state index contributed by atoms with van der Waals surface area (Å²) < 4.78 is 0. The second-order valence-corrected chi connectivity index (χ2v) is 6.90. The van der Waals surface area contributed by atoms with Crippen LogP contribution in [-0.4, -0.2) is 40.1 Å². The molecule has 0 saturated carbocycles. The molecule has 0 fully saturated rings. The summed E-state index contributed by atoms with van der Waals surface area (Å²) in [5.41, 5.74) is 5.05. The van der Waals surface area contributed by atoms with Gasteiger partial charge in [-0.2, -0.15) is 5.10 Å². The van der Waals surface area contributed by atoms with Crippen LogP contribution >= 0.6 is 0 Å². The summed E-state index contributed by atoms with van der Waals surface area (Å²) in [6.07, 6.45) is 5.60. The number of aromatic nitrogens is 2. The summed E-state index contributed by atoms with van der Waals surface area (Å²) in [4.78, 5) is 17.0. The highest BCUT2D eigenvalue weighted by Gasteiger charge is 2.25. The van der Waals surface area contributed by atoms with Gasteiger partial charge in [-0.15, -0.1) is 0 Å². The molecule has 0 saturated heterocycles. The molecule has 5 nitrogen and oxygen atoms in total. The summed E-state index contributed by atoms with van der Waals surface area (Å²) >= 11 is 0. The van der Waals surface area contributed by atoms with Crippen molar-refractivity contribution in [3.63, 3.8) is 0 Å². The van der Waals surface area contributed by atoms with Crippen molar-refractivity contribution < 1.29 is 4.79 Å². The van der Waals surface area contributed by atoms with Crippen LogP contribution in [0.4, 0.5) is 5.69 Å². The molecule has 1 aromatic heterocycles. The van der Waals surface area contributed by atoms with Crippen molar-refractivity contribution >= 4 is 11.6 Å². The number of fused-ring (bicyclic) bond motifs is 2. The number of anilines is 1. The monoisotopic (exact) mass is 324 g/mol. The van der Waals surface area contributed by atoms with Gasteiger partial charge in [0.1, 0.15) is 0 Å². The Morgan fingerprint density at radius 3 is 3.08 bits per heavy atom. The second kappa shape index (κ2) is 6.30. The van der Waals surface area contributed by atoms with Crippen LogP contribution in [-0.2, 0) is 24.2 Å². The van der Waals surface area contributed by atoms with Crippen molar-refractivity contribution in [2.45, 2.75) is 45.2 Å². The summed E-state index contributed by atoms with van der Waals surface area (Å²) in [5, 5.41) is 7.10. The first kappa shape index (κ1) is 15.2. The van der Waals surface area contributed by atoms with E-state index in [1.165, 1.54) is 16.9 Å². The summed E-state index contributed by atoms with van der Waals surface area (Å²) in [6, 6.07) is 9.09. The van der Waals surface area contributed by atoms with Gasteiger partial charge >= 0.3 is 0 Å². The van der Waals surface area contributed by atoms with Crippen molar-refractivity contribution in [2.24, 2.45) is 0 Å². The van der Waals surface area contributed by atoms with Crippen molar-refractivity contribution in [2.75, 3.05) is 18.0 Å². The summed E-state index contributed by atoms with van der Waals surface area (Å²) in [7, 11) is 0. The van der Waals surface area contributed by atoms with Crippen LogP contribution in [0.2, 0.25) is 0 Å². The highest BCUT2D eigenvalue weighted by molar-refractivity contribution is 5.77. The number of benzene rings is 1. The molecule has 5 heteroatoms. The first-order valence-electron chi connectivity index (χ1n) is 8.86. The molecule has 126 valence electrons. The maximum atomic E-state index is 12.7. The van der Waals surface area contributed by atoms with E-state index < -0.39 is 0 Å². The molecule has 2 aliphatic heterocycles. The molecule has 0 aliphatic carbocycles. The lowest BCUT2D eigenvalue weighted by atomic mass is 9.96. The SMILES string of the molecule is C[C@@H]1CCc2ccccc2N1CCC(=O)N1CCc2[nH]ncc2C1. The van der Waals surface area contributed by atoms with Gasteiger partial charge in [0.15, 0.2) is 0 Å². The van der Waals surface area contributed by atoms with E-state index in [9.17, 15) is 4.79 Å². The predicted octanol–water partition coefficient (Wildman–Crippen LogP) is 2.53. The highest BCUT2D eigenvalue weighted by Crippen LogP contribution is 2.30. The first-order valence-corrected chi connectivity index (χ1v) is 8.86. The van der Waals surface area contributed by atoms with Crippen molar-refractivity contribution in [1.29, 1.82) is 0 Å². The zero-order valence-electron chi connectivity index (χ0n) is 14.2. The van der Waals surface area contributed by atoms with Gasteiger partial charge in [-0.3, -0.25) is 9.89 Å². The Morgan fingerprint density at radius 2 is 2.17 bits per heavy atom.